The van der Waals surface area contributed by atoms with Gasteiger partial charge in [-0.3, -0.25) is 24.3 Å². The average molecular weight is 322 g/mol. The number of rotatable bonds is 4. The van der Waals surface area contributed by atoms with Crippen LogP contribution < -0.4 is 10.9 Å². The van der Waals surface area contributed by atoms with E-state index in [1.807, 2.05) is 0 Å². The van der Waals surface area contributed by atoms with Crippen LogP contribution in [0.25, 0.3) is 0 Å². The number of amides is 1. The molecule has 0 aliphatic carbocycles. The fraction of sp³-hybridized carbons (Fsp3) is 0.143. The van der Waals surface area contributed by atoms with Gasteiger partial charge in [0.1, 0.15) is 6.54 Å². The maximum atomic E-state index is 12.0. The predicted molar refractivity (Wildman–Crippen MR) is 82.2 cm³/mol. The first-order valence-corrected chi connectivity index (χ1v) is 6.66. The fourth-order valence-corrected chi connectivity index (χ4v) is 2.06. The maximum absolute atomic E-state index is 12.0. The quantitative estimate of drug-likeness (QED) is 0.690. The molecule has 0 bridgehead atoms. The highest BCUT2D eigenvalue weighted by atomic mass is 35.5. The summed E-state index contributed by atoms with van der Waals surface area (Å²) in [5.41, 5.74) is -0.0517. The highest BCUT2D eigenvalue weighted by molar-refractivity contribution is 6.33. The number of aromatic nitrogens is 1. The Labute approximate surface area is 130 Å². The van der Waals surface area contributed by atoms with Gasteiger partial charge < -0.3 is 5.32 Å². The summed E-state index contributed by atoms with van der Waals surface area (Å²) in [4.78, 5) is 34.0. The van der Waals surface area contributed by atoms with E-state index in [1.165, 1.54) is 6.92 Å². The molecule has 2 rings (SSSR count). The minimum atomic E-state index is -0.600. The summed E-state index contributed by atoms with van der Waals surface area (Å²) in [6.45, 7) is 1.12. The molecule has 8 heteroatoms. The lowest BCUT2D eigenvalue weighted by atomic mass is 10.2. The molecule has 0 unspecified atom stereocenters. The maximum Gasteiger partial charge on any atom is 0.288 e. The Hall–Kier alpha value is -2.67. The lowest BCUT2D eigenvalue weighted by molar-refractivity contribution is -0.385. The van der Waals surface area contributed by atoms with Crippen molar-refractivity contribution in [1.29, 1.82) is 0 Å². The third kappa shape index (κ3) is 3.50. The van der Waals surface area contributed by atoms with Crippen LogP contribution in [0.2, 0.25) is 5.02 Å². The topological polar surface area (TPSA) is 94.2 Å². The van der Waals surface area contributed by atoms with E-state index in [2.05, 4.69) is 5.32 Å². The lowest BCUT2D eigenvalue weighted by Gasteiger charge is -2.09. The molecule has 0 atom stereocenters. The van der Waals surface area contributed by atoms with Crippen LogP contribution in [0.3, 0.4) is 0 Å². The summed E-state index contributed by atoms with van der Waals surface area (Å²) >= 11 is 5.92. The van der Waals surface area contributed by atoms with Crippen LogP contribution in [0.4, 0.5) is 11.4 Å². The van der Waals surface area contributed by atoms with Gasteiger partial charge in [-0.05, 0) is 19.1 Å². The molecule has 0 aliphatic heterocycles. The molecule has 1 aromatic heterocycles. The molecule has 0 fully saturated rings. The number of carbonyl (C=O) groups is 1. The SMILES string of the molecule is Cc1cc(=O)n(CC(=O)Nc2ccccc2Cl)cc1[N+](=O)[O-]. The van der Waals surface area contributed by atoms with E-state index in [0.29, 0.717) is 10.7 Å². The molecule has 0 radical (unpaired) electrons. The van der Waals surface area contributed by atoms with Gasteiger partial charge in [0, 0.05) is 11.6 Å². The summed E-state index contributed by atoms with van der Waals surface area (Å²) in [7, 11) is 0. The summed E-state index contributed by atoms with van der Waals surface area (Å²) < 4.78 is 0.983. The number of para-hydroxylation sites is 1. The number of hydrogen-bond donors (Lipinski definition) is 1. The number of nitro groups is 1. The molecule has 0 saturated carbocycles. The molecule has 114 valence electrons. The van der Waals surface area contributed by atoms with E-state index < -0.39 is 16.4 Å². The van der Waals surface area contributed by atoms with Crippen molar-refractivity contribution in [1.82, 2.24) is 4.57 Å². The van der Waals surface area contributed by atoms with Crippen molar-refractivity contribution in [3.63, 3.8) is 0 Å². The second kappa shape index (κ2) is 6.40. The largest absolute Gasteiger partial charge is 0.323 e. The molecule has 1 N–H and O–H groups in total. The smallest absolute Gasteiger partial charge is 0.288 e. The van der Waals surface area contributed by atoms with Crippen LogP contribution >= 0.6 is 11.6 Å². The number of nitrogens with zero attached hydrogens (tertiary/aromatic N) is 2. The molecule has 7 nitrogen and oxygen atoms in total. The molecule has 1 aromatic carbocycles. The van der Waals surface area contributed by atoms with E-state index >= 15 is 0 Å². The highest BCUT2D eigenvalue weighted by Gasteiger charge is 2.15. The molecule has 0 spiro atoms. The third-order valence-corrected chi connectivity index (χ3v) is 3.29. The van der Waals surface area contributed by atoms with Crippen LogP contribution in [0.5, 0.6) is 0 Å². The third-order valence-electron chi connectivity index (χ3n) is 2.96. The van der Waals surface area contributed by atoms with Gasteiger partial charge in [-0.1, -0.05) is 23.7 Å². The van der Waals surface area contributed by atoms with E-state index in [0.717, 1.165) is 16.8 Å². The number of benzene rings is 1. The van der Waals surface area contributed by atoms with Gasteiger partial charge in [0.2, 0.25) is 5.91 Å². The first-order valence-electron chi connectivity index (χ1n) is 6.28. The Balaban J connectivity index is 2.22. The second-order valence-electron chi connectivity index (χ2n) is 4.59. The summed E-state index contributed by atoms with van der Waals surface area (Å²) in [6.07, 6.45) is 1.06. The second-order valence-corrected chi connectivity index (χ2v) is 5.00. The van der Waals surface area contributed by atoms with Crippen molar-refractivity contribution in [3.8, 4) is 0 Å². The zero-order chi connectivity index (χ0) is 16.3. The summed E-state index contributed by atoms with van der Waals surface area (Å²) in [5.74, 6) is -0.506. The normalized spacial score (nSPS) is 10.3. The van der Waals surface area contributed by atoms with Gasteiger partial charge >= 0.3 is 0 Å². The number of nitrogens with one attached hydrogen (secondary N) is 1. The first-order chi connectivity index (χ1) is 10.4. The Kier molecular flexibility index (Phi) is 4.57. The van der Waals surface area contributed by atoms with Crippen LogP contribution in [0, 0.1) is 17.0 Å². The minimum absolute atomic E-state index is 0.217. The van der Waals surface area contributed by atoms with E-state index in [9.17, 15) is 19.7 Å². The van der Waals surface area contributed by atoms with Crippen LogP contribution in [-0.2, 0) is 11.3 Å². The predicted octanol–water partition coefficient (Wildman–Crippen LogP) is 2.36. The summed E-state index contributed by atoms with van der Waals surface area (Å²) in [5, 5.41) is 13.8. The number of anilines is 1. The van der Waals surface area contributed by atoms with Gasteiger partial charge in [-0.15, -0.1) is 0 Å². The van der Waals surface area contributed by atoms with Crippen molar-refractivity contribution in [2.24, 2.45) is 0 Å². The van der Waals surface area contributed by atoms with Crippen LogP contribution in [0.15, 0.2) is 41.3 Å². The van der Waals surface area contributed by atoms with Crippen LogP contribution in [0.1, 0.15) is 5.56 Å². The fourth-order valence-electron chi connectivity index (χ4n) is 1.88. The molecule has 0 aliphatic rings. The summed E-state index contributed by atoms with van der Waals surface area (Å²) in [6, 6.07) is 7.76. The standard InChI is InChI=1S/C14H12ClN3O4/c1-9-6-14(20)17(7-12(9)18(21)22)8-13(19)16-11-5-3-2-4-10(11)15/h2-7H,8H2,1H3,(H,16,19). The Morgan fingerprint density at radius 1 is 1.41 bits per heavy atom. The number of hydrogen-bond acceptors (Lipinski definition) is 4. The van der Waals surface area contributed by atoms with Crippen molar-refractivity contribution >= 4 is 28.9 Å². The molecular weight excluding hydrogens is 310 g/mol. The number of aryl methyl sites for hydroxylation is 1. The molecule has 0 saturated heterocycles. The van der Waals surface area contributed by atoms with Crippen molar-refractivity contribution in [2.75, 3.05) is 5.32 Å². The zero-order valence-electron chi connectivity index (χ0n) is 11.6. The number of carbonyl (C=O) groups excluding carboxylic acids is 1. The van der Waals surface area contributed by atoms with E-state index in [1.54, 1.807) is 24.3 Å². The first kappa shape index (κ1) is 15.7. The molecule has 2 aromatic rings. The Morgan fingerprint density at radius 2 is 2.09 bits per heavy atom. The molecule has 1 amide bonds. The highest BCUT2D eigenvalue weighted by Crippen LogP contribution is 2.20. The lowest BCUT2D eigenvalue weighted by Crippen LogP contribution is -2.27. The van der Waals surface area contributed by atoms with Crippen LogP contribution in [-0.4, -0.2) is 15.4 Å². The average Bonchev–Trinajstić information content (AvgIpc) is 2.44. The molecule has 22 heavy (non-hydrogen) atoms. The van der Waals surface area contributed by atoms with Crippen molar-refractivity contribution < 1.29 is 9.72 Å². The van der Waals surface area contributed by atoms with Gasteiger partial charge in [0.25, 0.3) is 11.2 Å². The Morgan fingerprint density at radius 3 is 2.73 bits per heavy atom. The van der Waals surface area contributed by atoms with Gasteiger partial charge in [-0.25, -0.2) is 0 Å². The minimum Gasteiger partial charge on any atom is -0.323 e. The van der Waals surface area contributed by atoms with E-state index in [4.69, 9.17) is 11.6 Å². The van der Waals surface area contributed by atoms with Crippen molar-refractivity contribution in [3.05, 3.63) is 67.6 Å². The monoisotopic (exact) mass is 321 g/mol. The number of halogens is 1. The van der Waals surface area contributed by atoms with Crippen molar-refractivity contribution in [2.45, 2.75) is 13.5 Å². The van der Waals surface area contributed by atoms with Gasteiger partial charge in [0.15, 0.2) is 0 Å². The number of pyridine rings is 1. The van der Waals surface area contributed by atoms with Gasteiger partial charge in [-0.2, -0.15) is 0 Å². The van der Waals surface area contributed by atoms with E-state index in [-0.39, 0.29) is 17.8 Å². The Bertz CT molecular complexity index is 801. The van der Waals surface area contributed by atoms with Gasteiger partial charge in [0.05, 0.1) is 21.8 Å². The zero-order valence-corrected chi connectivity index (χ0v) is 12.3. The molecular formula is C14H12ClN3O4. The molecule has 1 heterocycles.